The molecule has 2 heterocycles. The standard InChI is InChI=1S/C28H24N6O2/c1-18-24(28(36)34(33(18)2)22-11-7-4-8-12-22)27(35)31-21-15-13-20(14-16-21)25-26(29)30-17-23(32-25)19-9-5-3-6-10-19/h3-17H,1-2H3,(H2,29,30)(H,31,35). The number of amides is 1. The molecule has 178 valence electrons. The number of anilines is 2. The number of nitrogens with two attached hydrogens (primary N) is 1. The molecule has 8 nitrogen and oxygen atoms in total. The predicted octanol–water partition coefficient (Wildman–Crippen LogP) is 4.44. The molecule has 0 radical (unpaired) electrons. The summed E-state index contributed by atoms with van der Waals surface area (Å²) in [6.07, 6.45) is 1.65. The lowest BCUT2D eigenvalue weighted by atomic mass is 10.1. The van der Waals surface area contributed by atoms with E-state index in [4.69, 9.17) is 10.7 Å². The van der Waals surface area contributed by atoms with Gasteiger partial charge in [-0.15, -0.1) is 0 Å². The Morgan fingerprint density at radius 1 is 0.889 bits per heavy atom. The van der Waals surface area contributed by atoms with Crippen LogP contribution >= 0.6 is 0 Å². The Morgan fingerprint density at radius 2 is 1.53 bits per heavy atom. The number of nitrogens with one attached hydrogen (secondary N) is 1. The number of hydrogen-bond donors (Lipinski definition) is 2. The van der Waals surface area contributed by atoms with Gasteiger partial charge in [0.2, 0.25) is 0 Å². The number of para-hydroxylation sites is 1. The fourth-order valence-electron chi connectivity index (χ4n) is 4.09. The second-order valence-electron chi connectivity index (χ2n) is 8.32. The summed E-state index contributed by atoms with van der Waals surface area (Å²) >= 11 is 0. The fourth-order valence-corrected chi connectivity index (χ4v) is 4.09. The molecule has 8 heteroatoms. The highest BCUT2D eigenvalue weighted by atomic mass is 16.2. The first-order valence-corrected chi connectivity index (χ1v) is 11.4. The van der Waals surface area contributed by atoms with E-state index in [1.807, 2.05) is 72.8 Å². The Balaban J connectivity index is 1.41. The molecule has 0 saturated heterocycles. The first-order valence-electron chi connectivity index (χ1n) is 11.4. The molecule has 0 fully saturated rings. The van der Waals surface area contributed by atoms with Gasteiger partial charge in [0.1, 0.15) is 17.1 Å². The van der Waals surface area contributed by atoms with Crippen LogP contribution in [0.2, 0.25) is 0 Å². The van der Waals surface area contributed by atoms with E-state index in [0.717, 1.165) is 11.1 Å². The van der Waals surface area contributed by atoms with Gasteiger partial charge in [0.05, 0.1) is 23.3 Å². The van der Waals surface area contributed by atoms with E-state index in [1.165, 1.54) is 4.68 Å². The molecule has 2 aromatic heterocycles. The molecular weight excluding hydrogens is 452 g/mol. The molecule has 3 aromatic carbocycles. The summed E-state index contributed by atoms with van der Waals surface area (Å²) in [5.41, 5.74) is 10.6. The van der Waals surface area contributed by atoms with Crippen molar-refractivity contribution in [3.63, 3.8) is 0 Å². The number of benzene rings is 3. The van der Waals surface area contributed by atoms with E-state index in [1.54, 1.807) is 37.0 Å². The van der Waals surface area contributed by atoms with Crippen molar-refractivity contribution in [1.82, 2.24) is 19.3 Å². The van der Waals surface area contributed by atoms with Gasteiger partial charge in [0.15, 0.2) is 0 Å². The van der Waals surface area contributed by atoms with Gasteiger partial charge in [-0.2, -0.15) is 0 Å². The smallest absolute Gasteiger partial charge is 0.284 e. The molecule has 36 heavy (non-hydrogen) atoms. The van der Waals surface area contributed by atoms with Crippen molar-refractivity contribution in [2.45, 2.75) is 6.92 Å². The predicted molar refractivity (Wildman–Crippen MR) is 141 cm³/mol. The number of carbonyl (C=O) groups is 1. The number of nitrogen functional groups attached to an aromatic ring is 1. The third kappa shape index (κ3) is 4.16. The zero-order valence-electron chi connectivity index (χ0n) is 19.8. The number of carbonyl (C=O) groups excluding carboxylic acids is 1. The lowest BCUT2D eigenvalue weighted by molar-refractivity contribution is 0.102. The second-order valence-corrected chi connectivity index (χ2v) is 8.32. The maximum absolute atomic E-state index is 13.1. The second kappa shape index (κ2) is 9.34. The maximum atomic E-state index is 13.1. The molecule has 5 rings (SSSR count). The number of nitrogens with zero attached hydrogens (tertiary/aromatic N) is 4. The fraction of sp³-hybridized carbons (Fsp3) is 0.0714. The highest BCUT2D eigenvalue weighted by Crippen LogP contribution is 2.27. The summed E-state index contributed by atoms with van der Waals surface area (Å²) in [5, 5.41) is 2.83. The van der Waals surface area contributed by atoms with Crippen molar-refractivity contribution in [3.8, 4) is 28.2 Å². The van der Waals surface area contributed by atoms with Crippen LogP contribution in [0.1, 0.15) is 16.1 Å². The van der Waals surface area contributed by atoms with Gasteiger partial charge in [-0.1, -0.05) is 60.7 Å². The lowest BCUT2D eigenvalue weighted by Crippen LogP contribution is -2.25. The molecule has 0 unspecified atom stereocenters. The minimum atomic E-state index is -0.471. The van der Waals surface area contributed by atoms with Crippen LogP contribution in [-0.4, -0.2) is 25.2 Å². The van der Waals surface area contributed by atoms with Gasteiger partial charge in [-0.25, -0.2) is 14.6 Å². The van der Waals surface area contributed by atoms with Crippen molar-refractivity contribution in [3.05, 3.63) is 113 Å². The third-order valence-corrected chi connectivity index (χ3v) is 6.07. The van der Waals surface area contributed by atoms with Crippen molar-refractivity contribution < 1.29 is 4.79 Å². The van der Waals surface area contributed by atoms with E-state index in [2.05, 4.69) is 10.3 Å². The van der Waals surface area contributed by atoms with Gasteiger partial charge >= 0.3 is 0 Å². The van der Waals surface area contributed by atoms with Crippen LogP contribution in [0, 0.1) is 6.92 Å². The molecular formula is C28H24N6O2. The van der Waals surface area contributed by atoms with Crippen LogP contribution in [-0.2, 0) is 7.05 Å². The molecule has 5 aromatic rings. The molecule has 0 spiro atoms. The van der Waals surface area contributed by atoms with E-state index in [-0.39, 0.29) is 11.1 Å². The van der Waals surface area contributed by atoms with Crippen molar-refractivity contribution >= 4 is 17.4 Å². The van der Waals surface area contributed by atoms with Crippen LogP contribution in [0.5, 0.6) is 0 Å². The summed E-state index contributed by atoms with van der Waals surface area (Å²) in [5.74, 6) is -0.159. The molecule has 3 N–H and O–H groups in total. The summed E-state index contributed by atoms with van der Waals surface area (Å²) in [6, 6.07) is 26.1. The first kappa shape index (κ1) is 22.8. The van der Waals surface area contributed by atoms with Crippen LogP contribution in [0.15, 0.2) is 95.9 Å². The zero-order valence-corrected chi connectivity index (χ0v) is 19.8. The van der Waals surface area contributed by atoms with E-state index in [0.29, 0.717) is 34.3 Å². The van der Waals surface area contributed by atoms with Crippen LogP contribution in [0.4, 0.5) is 11.5 Å². The Morgan fingerprint density at radius 3 is 2.19 bits per heavy atom. The van der Waals surface area contributed by atoms with E-state index >= 15 is 0 Å². The molecule has 1 amide bonds. The lowest BCUT2D eigenvalue weighted by Gasteiger charge is -2.09. The van der Waals surface area contributed by atoms with Crippen molar-refractivity contribution in [2.75, 3.05) is 11.1 Å². The number of aromatic nitrogens is 4. The summed E-state index contributed by atoms with van der Waals surface area (Å²) in [6.45, 7) is 1.75. The van der Waals surface area contributed by atoms with Gasteiger partial charge in [-0.3, -0.25) is 14.3 Å². The van der Waals surface area contributed by atoms with E-state index in [9.17, 15) is 9.59 Å². The van der Waals surface area contributed by atoms with Crippen LogP contribution < -0.4 is 16.6 Å². The Labute approximate surface area is 207 Å². The quantitative estimate of drug-likeness (QED) is 0.390. The Bertz CT molecular complexity index is 1600. The Hall–Kier alpha value is -4.98. The third-order valence-electron chi connectivity index (χ3n) is 6.07. The van der Waals surface area contributed by atoms with Gasteiger partial charge in [-0.05, 0) is 31.2 Å². The van der Waals surface area contributed by atoms with Crippen LogP contribution in [0.25, 0.3) is 28.2 Å². The SMILES string of the molecule is Cc1c(C(=O)Nc2ccc(-c3nc(-c4ccccc4)cnc3N)cc2)c(=O)n(-c2ccccc2)n1C. The topological polar surface area (TPSA) is 108 Å². The highest BCUT2D eigenvalue weighted by Gasteiger charge is 2.22. The highest BCUT2D eigenvalue weighted by molar-refractivity contribution is 6.05. The first-order chi connectivity index (χ1) is 17.4. The van der Waals surface area contributed by atoms with Gasteiger partial charge in [0.25, 0.3) is 11.5 Å². The molecule has 0 atom stereocenters. The normalized spacial score (nSPS) is 10.8. The van der Waals surface area contributed by atoms with Gasteiger partial charge < -0.3 is 11.1 Å². The summed E-state index contributed by atoms with van der Waals surface area (Å²) < 4.78 is 3.16. The van der Waals surface area contributed by atoms with E-state index < -0.39 is 5.91 Å². The zero-order chi connectivity index (χ0) is 25.2. The average Bonchev–Trinajstić information content (AvgIpc) is 3.13. The summed E-state index contributed by atoms with van der Waals surface area (Å²) in [4.78, 5) is 35.2. The average molecular weight is 477 g/mol. The van der Waals surface area contributed by atoms with Crippen molar-refractivity contribution in [1.29, 1.82) is 0 Å². The van der Waals surface area contributed by atoms with Gasteiger partial charge in [0, 0.05) is 23.9 Å². The monoisotopic (exact) mass is 476 g/mol. The maximum Gasteiger partial charge on any atom is 0.284 e. The Kier molecular flexibility index (Phi) is 5.92. The minimum Gasteiger partial charge on any atom is -0.382 e. The molecule has 0 saturated carbocycles. The molecule has 0 bridgehead atoms. The summed E-state index contributed by atoms with van der Waals surface area (Å²) in [7, 11) is 1.75. The molecule has 0 aliphatic heterocycles. The minimum absolute atomic E-state index is 0.0936. The number of hydrogen-bond acceptors (Lipinski definition) is 5. The molecule has 0 aliphatic rings. The number of rotatable bonds is 5. The molecule has 0 aliphatic carbocycles. The van der Waals surface area contributed by atoms with Crippen molar-refractivity contribution in [2.24, 2.45) is 7.05 Å². The van der Waals surface area contributed by atoms with Crippen LogP contribution in [0.3, 0.4) is 0 Å². The largest absolute Gasteiger partial charge is 0.382 e.